The number of rotatable bonds is 3. The molecule has 0 saturated heterocycles. The Hall–Kier alpha value is -1.23. The largest absolute Gasteiger partial charge is 0.393 e. The zero-order valence-corrected chi connectivity index (χ0v) is 18.0. The summed E-state index contributed by atoms with van der Waals surface area (Å²) in [4.78, 5) is 13.0. The summed E-state index contributed by atoms with van der Waals surface area (Å²) in [5, 5.41) is 30.0. The van der Waals surface area contributed by atoms with Crippen LogP contribution in [-0.2, 0) is 4.79 Å². The molecule has 0 aliphatic heterocycles. The standard InChI is InChI=1S/C25H36O4/c1-14(10-23(28)15(2)26)21-6-7-22-20-13-24(29)17-11-16(4-5-18(27)12-17)19(20)8-9-25(21,22)3/h4,10,13,15,17-19,21-23,26-28H,5-9,11-12H2,1-3H3/b14-10+/t15-,17-,18-,19+,21-,22+,23-,25-/m0/s1. The third-order valence-corrected chi connectivity index (χ3v) is 8.44. The SMILES string of the molecule is C/C(=C\[C@H](O)[C@H](C)O)[C@@H]1CC[C@@H]2C3=CC(=O)[C@H]4CC(=CC[C@H](O)C4)[C@H]3CC[C@]21C. The first kappa shape index (κ1) is 21.0. The van der Waals surface area contributed by atoms with Gasteiger partial charge in [0.15, 0.2) is 5.78 Å². The number of allylic oxidation sites excluding steroid dienone is 4. The van der Waals surface area contributed by atoms with Crippen molar-refractivity contribution in [2.75, 3.05) is 0 Å². The van der Waals surface area contributed by atoms with Crippen LogP contribution in [0.2, 0.25) is 0 Å². The van der Waals surface area contributed by atoms with Gasteiger partial charge in [0.25, 0.3) is 0 Å². The molecule has 160 valence electrons. The van der Waals surface area contributed by atoms with Crippen LogP contribution < -0.4 is 0 Å². The van der Waals surface area contributed by atoms with Gasteiger partial charge in [-0.2, -0.15) is 0 Å². The first-order chi connectivity index (χ1) is 13.7. The molecule has 0 amide bonds. The Balaban J connectivity index is 1.66. The van der Waals surface area contributed by atoms with E-state index < -0.39 is 18.3 Å². The second-order valence-electron chi connectivity index (χ2n) is 10.3. The summed E-state index contributed by atoms with van der Waals surface area (Å²) in [5.41, 5.74) is 3.97. The van der Waals surface area contributed by atoms with E-state index in [-0.39, 0.29) is 17.1 Å². The molecule has 0 aromatic heterocycles. The highest BCUT2D eigenvalue weighted by Crippen LogP contribution is 2.62. The zero-order chi connectivity index (χ0) is 20.9. The fourth-order valence-electron chi connectivity index (χ4n) is 6.82. The van der Waals surface area contributed by atoms with E-state index in [0.717, 1.165) is 32.1 Å². The van der Waals surface area contributed by atoms with Crippen LogP contribution in [0.4, 0.5) is 0 Å². The van der Waals surface area contributed by atoms with E-state index in [1.165, 1.54) is 16.7 Å². The smallest absolute Gasteiger partial charge is 0.159 e. The molecule has 4 nitrogen and oxygen atoms in total. The van der Waals surface area contributed by atoms with Gasteiger partial charge in [-0.05, 0) is 82.1 Å². The van der Waals surface area contributed by atoms with Gasteiger partial charge in [0.05, 0.1) is 18.3 Å². The molecular formula is C25H36O4. The molecule has 3 N–H and O–H groups in total. The highest BCUT2D eigenvalue weighted by atomic mass is 16.3. The first-order valence-electron chi connectivity index (χ1n) is 11.4. The molecule has 0 radical (unpaired) electrons. The first-order valence-corrected chi connectivity index (χ1v) is 11.4. The quantitative estimate of drug-likeness (QED) is 0.631. The normalized spacial score (nSPS) is 42.1. The summed E-state index contributed by atoms with van der Waals surface area (Å²) >= 11 is 0. The van der Waals surface area contributed by atoms with Gasteiger partial charge in [0, 0.05) is 11.8 Å². The number of carbonyl (C=O) groups is 1. The van der Waals surface area contributed by atoms with E-state index in [9.17, 15) is 20.1 Å². The fraction of sp³-hybridized carbons (Fsp3) is 0.720. The van der Waals surface area contributed by atoms with Gasteiger partial charge in [0.2, 0.25) is 0 Å². The molecule has 0 aromatic rings. The average molecular weight is 401 g/mol. The molecule has 2 bridgehead atoms. The van der Waals surface area contributed by atoms with Crippen molar-refractivity contribution in [1.29, 1.82) is 0 Å². The van der Waals surface area contributed by atoms with Gasteiger partial charge < -0.3 is 15.3 Å². The Morgan fingerprint density at radius 3 is 2.76 bits per heavy atom. The molecule has 2 fully saturated rings. The monoisotopic (exact) mass is 400 g/mol. The van der Waals surface area contributed by atoms with Gasteiger partial charge in [0.1, 0.15) is 0 Å². The lowest BCUT2D eigenvalue weighted by molar-refractivity contribution is -0.119. The molecule has 0 aromatic carbocycles. The van der Waals surface area contributed by atoms with Crippen LogP contribution >= 0.6 is 0 Å². The van der Waals surface area contributed by atoms with E-state index in [1.807, 2.05) is 12.2 Å². The number of aliphatic hydroxyl groups excluding tert-OH is 3. The van der Waals surface area contributed by atoms with E-state index in [4.69, 9.17) is 0 Å². The molecule has 0 unspecified atom stereocenters. The summed E-state index contributed by atoms with van der Waals surface area (Å²) in [7, 11) is 0. The summed E-state index contributed by atoms with van der Waals surface area (Å²) in [5.74, 6) is 1.27. The van der Waals surface area contributed by atoms with Gasteiger partial charge in [-0.15, -0.1) is 0 Å². The number of fused-ring (bicyclic) bond motifs is 6. The lowest BCUT2D eigenvalue weighted by atomic mass is 9.58. The summed E-state index contributed by atoms with van der Waals surface area (Å²) in [6, 6.07) is 0. The van der Waals surface area contributed by atoms with Crippen molar-refractivity contribution in [2.45, 2.75) is 84.0 Å². The van der Waals surface area contributed by atoms with E-state index in [1.54, 1.807) is 6.92 Å². The molecule has 0 spiro atoms. The van der Waals surface area contributed by atoms with Crippen molar-refractivity contribution >= 4 is 5.78 Å². The molecule has 4 aliphatic rings. The van der Waals surface area contributed by atoms with Crippen molar-refractivity contribution in [3.05, 3.63) is 34.9 Å². The zero-order valence-electron chi connectivity index (χ0n) is 18.0. The molecule has 0 heterocycles. The van der Waals surface area contributed by atoms with Crippen molar-refractivity contribution in [3.63, 3.8) is 0 Å². The van der Waals surface area contributed by atoms with Crippen molar-refractivity contribution in [3.8, 4) is 0 Å². The Kier molecular flexibility index (Phi) is 5.65. The third-order valence-electron chi connectivity index (χ3n) is 8.44. The maximum atomic E-state index is 13.0. The van der Waals surface area contributed by atoms with Gasteiger partial charge >= 0.3 is 0 Å². The molecule has 29 heavy (non-hydrogen) atoms. The summed E-state index contributed by atoms with van der Waals surface area (Å²) < 4.78 is 0. The van der Waals surface area contributed by atoms with Crippen LogP contribution in [0.25, 0.3) is 0 Å². The topological polar surface area (TPSA) is 77.8 Å². The molecule has 4 rings (SSSR count). The number of hydrogen-bond donors (Lipinski definition) is 3. The van der Waals surface area contributed by atoms with E-state index >= 15 is 0 Å². The molecule has 4 aliphatic carbocycles. The maximum Gasteiger partial charge on any atom is 0.159 e. The Labute approximate surface area is 174 Å². The number of ketones is 1. The minimum absolute atomic E-state index is 0.0665. The van der Waals surface area contributed by atoms with Crippen LogP contribution in [-0.4, -0.2) is 39.4 Å². The highest BCUT2D eigenvalue weighted by molar-refractivity contribution is 5.93. The van der Waals surface area contributed by atoms with Crippen LogP contribution in [0.3, 0.4) is 0 Å². The summed E-state index contributed by atoms with van der Waals surface area (Å²) in [6.07, 6.45) is 10.4. The minimum atomic E-state index is -0.827. The molecular weight excluding hydrogens is 364 g/mol. The lowest BCUT2D eigenvalue weighted by Crippen LogP contribution is -2.37. The van der Waals surface area contributed by atoms with Gasteiger partial charge in [-0.3, -0.25) is 4.79 Å². The molecule has 4 heteroatoms. The second kappa shape index (κ2) is 7.79. The van der Waals surface area contributed by atoms with Crippen LogP contribution in [0.1, 0.15) is 65.7 Å². The second-order valence-corrected chi connectivity index (χ2v) is 10.3. The summed E-state index contributed by atoms with van der Waals surface area (Å²) in [6.45, 7) is 6.07. The number of hydrogen-bond acceptors (Lipinski definition) is 4. The molecule has 2 saturated carbocycles. The van der Waals surface area contributed by atoms with E-state index in [2.05, 4.69) is 19.9 Å². The Morgan fingerprint density at radius 1 is 1.28 bits per heavy atom. The van der Waals surface area contributed by atoms with Gasteiger partial charge in [-0.25, -0.2) is 0 Å². The fourth-order valence-corrected chi connectivity index (χ4v) is 6.82. The number of carbonyl (C=O) groups excluding carboxylic acids is 1. The van der Waals surface area contributed by atoms with Gasteiger partial charge in [-0.1, -0.05) is 35.8 Å². The van der Waals surface area contributed by atoms with Crippen molar-refractivity contribution in [1.82, 2.24) is 0 Å². The van der Waals surface area contributed by atoms with Crippen molar-refractivity contribution in [2.24, 2.45) is 29.1 Å². The average Bonchev–Trinajstić information content (AvgIpc) is 2.80. The minimum Gasteiger partial charge on any atom is -0.393 e. The predicted octanol–water partition coefficient (Wildman–Crippen LogP) is 3.71. The highest BCUT2D eigenvalue weighted by Gasteiger charge is 2.53. The van der Waals surface area contributed by atoms with Crippen LogP contribution in [0.15, 0.2) is 34.9 Å². The predicted molar refractivity (Wildman–Crippen MR) is 113 cm³/mol. The Morgan fingerprint density at radius 2 is 2.03 bits per heavy atom. The maximum absolute atomic E-state index is 13.0. The van der Waals surface area contributed by atoms with E-state index in [0.29, 0.717) is 30.6 Å². The van der Waals surface area contributed by atoms with Crippen molar-refractivity contribution < 1.29 is 20.1 Å². The third kappa shape index (κ3) is 3.68. The Bertz CT molecular complexity index is 761. The van der Waals surface area contributed by atoms with Crippen LogP contribution in [0.5, 0.6) is 0 Å². The lowest BCUT2D eigenvalue weighted by Gasteiger charge is -2.46. The number of aliphatic hydroxyl groups is 3. The van der Waals surface area contributed by atoms with Crippen LogP contribution in [0, 0.1) is 29.1 Å². The molecule has 8 atom stereocenters.